The molecule has 0 amide bonds. The first-order valence-electron chi connectivity index (χ1n) is 24.3. The first-order chi connectivity index (χ1) is 35.4. The Morgan fingerprint density at radius 2 is 0.472 bits per heavy atom. The highest BCUT2D eigenvalue weighted by Gasteiger charge is 2.31. The van der Waals surface area contributed by atoms with Crippen LogP contribution in [0.4, 0.5) is 68.8 Å². The molecule has 0 aliphatic carbocycles. The summed E-state index contributed by atoms with van der Waals surface area (Å²) in [4.78, 5) is 29.9. The molecular weight excluding hydrogens is 881 g/mol. The number of benzene rings is 8. The Labute approximate surface area is 419 Å². The molecule has 346 valence electrons. The number of nitrogens with zero attached hydrogens (tertiary/aromatic N) is 8. The Hall–Kier alpha value is -9.40. The Balaban J connectivity index is 1.31. The Morgan fingerprint density at radius 3 is 0.681 bits per heavy atom. The van der Waals surface area contributed by atoms with Crippen LogP contribution in [-0.2, 0) is 0 Å². The summed E-state index contributed by atoms with van der Waals surface area (Å²) in [5.74, 6) is 3.36. The third-order valence-electron chi connectivity index (χ3n) is 13.6. The molecule has 8 heteroatoms. The zero-order valence-corrected chi connectivity index (χ0v) is 40.5. The summed E-state index contributed by atoms with van der Waals surface area (Å²) in [5.41, 5.74) is 12.0. The number of rotatable bonds is 12. The molecule has 0 unspecified atom stereocenters. The molecule has 12 aromatic rings. The van der Waals surface area contributed by atoms with Gasteiger partial charge in [0.2, 0.25) is 0 Å². The molecule has 72 heavy (non-hydrogen) atoms. The predicted molar refractivity (Wildman–Crippen MR) is 299 cm³/mol. The van der Waals surface area contributed by atoms with Gasteiger partial charge in [0, 0.05) is 79.9 Å². The highest BCUT2D eigenvalue weighted by Crippen LogP contribution is 2.55. The second-order valence-electron chi connectivity index (χ2n) is 18.2. The maximum atomic E-state index is 5.14. The van der Waals surface area contributed by atoms with Gasteiger partial charge in [-0.25, -0.2) is 19.9 Å². The average molecular weight is 931 g/mol. The van der Waals surface area contributed by atoms with Crippen LogP contribution in [0.3, 0.4) is 0 Å². The standard InChI is InChI=1S/C64H50N8/c1-43-21-17-37-65-61(43)69(47-25-9-5-10-26-47)55-41-56(70(48-27-11-6-12-28-48)62-44(2)22-18-38-66-62)52-35-36-54-58(72(50-31-15-8-16-32-50)64-46(4)24-20-40-68-64)42-57(53-34-33-51(55)59(52)60(53)54)71(49-29-13-7-14-30-49)63-45(3)23-19-39-67-63/h5-42H,1-4H3. The number of hydrogen-bond acceptors (Lipinski definition) is 8. The second-order valence-corrected chi connectivity index (χ2v) is 18.2. The lowest BCUT2D eigenvalue weighted by Crippen LogP contribution is -2.18. The molecule has 0 N–H and O–H groups in total. The minimum absolute atomic E-state index is 0.841. The number of hydrogen-bond donors (Lipinski definition) is 0. The maximum Gasteiger partial charge on any atom is 0.140 e. The number of aryl methyl sites for hydroxylation is 4. The molecule has 8 aromatic carbocycles. The van der Waals surface area contributed by atoms with Crippen LogP contribution in [0.25, 0.3) is 32.3 Å². The summed E-state index contributed by atoms with van der Waals surface area (Å²) in [6, 6.07) is 72.9. The smallest absolute Gasteiger partial charge is 0.140 e. The molecule has 0 atom stereocenters. The Kier molecular flexibility index (Phi) is 11.3. The molecule has 0 aliphatic heterocycles. The van der Waals surface area contributed by atoms with Gasteiger partial charge < -0.3 is 0 Å². The molecule has 8 nitrogen and oxygen atoms in total. The monoisotopic (exact) mass is 930 g/mol. The summed E-state index contributed by atoms with van der Waals surface area (Å²) in [6.07, 6.45) is 7.54. The largest absolute Gasteiger partial charge is 0.294 e. The van der Waals surface area contributed by atoms with Crippen molar-refractivity contribution >= 4 is 101 Å². The minimum atomic E-state index is 0.841. The molecule has 0 fully saturated rings. The van der Waals surface area contributed by atoms with E-state index in [1.165, 1.54) is 0 Å². The molecule has 0 saturated heterocycles. The SMILES string of the molecule is Cc1cccnc1N(c1ccccc1)c1cc(N(c2ccccc2)c2ncccc2C)c2ccc3c(N(c4ccccc4)c4ncccc4C)cc(N(c4ccccc4)c4ncccc4C)c4ccc1c2c43. The number of para-hydroxylation sites is 4. The third kappa shape index (κ3) is 7.57. The van der Waals surface area contributed by atoms with E-state index < -0.39 is 0 Å². The molecule has 4 heterocycles. The van der Waals surface area contributed by atoms with Gasteiger partial charge in [-0.2, -0.15) is 0 Å². The zero-order valence-electron chi connectivity index (χ0n) is 40.5. The van der Waals surface area contributed by atoms with Crippen molar-refractivity contribution in [3.05, 3.63) is 253 Å². The topological polar surface area (TPSA) is 64.5 Å². The van der Waals surface area contributed by atoms with Crippen molar-refractivity contribution < 1.29 is 0 Å². The average Bonchev–Trinajstić information content (AvgIpc) is 3.42. The number of anilines is 12. The molecule has 12 rings (SSSR count). The number of pyridine rings is 4. The van der Waals surface area contributed by atoms with E-state index in [4.69, 9.17) is 19.9 Å². The van der Waals surface area contributed by atoms with Crippen LogP contribution in [0, 0.1) is 27.7 Å². The quantitative estimate of drug-likeness (QED) is 0.112. The summed E-state index contributed by atoms with van der Waals surface area (Å²) in [7, 11) is 0. The Morgan fingerprint density at radius 1 is 0.250 bits per heavy atom. The summed E-state index contributed by atoms with van der Waals surface area (Å²) in [5, 5.41) is 6.46. The summed E-state index contributed by atoms with van der Waals surface area (Å²) < 4.78 is 0. The van der Waals surface area contributed by atoms with Crippen molar-refractivity contribution in [1.82, 2.24) is 19.9 Å². The van der Waals surface area contributed by atoms with E-state index in [9.17, 15) is 0 Å². The van der Waals surface area contributed by atoms with Crippen molar-refractivity contribution in [2.45, 2.75) is 27.7 Å². The van der Waals surface area contributed by atoms with Crippen molar-refractivity contribution in [2.75, 3.05) is 19.6 Å². The van der Waals surface area contributed by atoms with Gasteiger partial charge in [0.05, 0.1) is 22.7 Å². The van der Waals surface area contributed by atoms with Gasteiger partial charge in [-0.1, -0.05) is 121 Å². The molecule has 0 bridgehead atoms. The van der Waals surface area contributed by atoms with Crippen molar-refractivity contribution in [1.29, 1.82) is 0 Å². The predicted octanol–water partition coefficient (Wildman–Crippen LogP) is 17.3. The van der Waals surface area contributed by atoms with E-state index in [1.807, 2.05) is 49.1 Å². The molecule has 0 spiro atoms. The van der Waals surface area contributed by atoms with Gasteiger partial charge in [0.15, 0.2) is 0 Å². The van der Waals surface area contributed by atoms with Crippen LogP contribution in [0.1, 0.15) is 22.3 Å². The van der Waals surface area contributed by atoms with E-state index in [-0.39, 0.29) is 0 Å². The van der Waals surface area contributed by atoms with Gasteiger partial charge in [0.25, 0.3) is 0 Å². The number of aromatic nitrogens is 4. The van der Waals surface area contributed by atoms with Crippen LogP contribution < -0.4 is 19.6 Å². The van der Waals surface area contributed by atoms with Crippen LogP contribution in [0.2, 0.25) is 0 Å². The lowest BCUT2D eigenvalue weighted by molar-refractivity contribution is 1.14. The van der Waals surface area contributed by atoms with Crippen LogP contribution in [0.5, 0.6) is 0 Å². The van der Waals surface area contributed by atoms with Crippen molar-refractivity contribution in [2.24, 2.45) is 0 Å². The molecule has 4 aromatic heterocycles. The van der Waals surface area contributed by atoms with Crippen LogP contribution in [0.15, 0.2) is 231 Å². The van der Waals surface area contributed by atoms with Crippen LogP contribution >= 0.6 is 0 Å². The van der Waals surface area contributed by atoms with E-state index in [0.29, 0.717) is 0 Å². The highest BCUT2D eigenvalue weighted by molar-refractivity contribution is 6.33. The third-order valence-corrected chi connectivity index (χ3v) is 13.6. The lowest BCUT2D eigenvalue weighted by Gasteiger charge is -2.34. The van der Waals surface area contributed by atoms with Gasteiger partial charge >= 0.3 is 0 Å². The first kappa shape index (κ1) is 43.9. The first-order valence-corrected chi connectivity index (χ1v) is 24.3. The lowest BCUT2D eigenvalue weighted by atomic mass is 9.89. The Bertz CT molecular complexity index is 3380. The normalized spacial score (nSPS) is 11.3. The van der Waals surface area contributed by atoms with Gasteiger partial charge in [-0.05, 0) is 135 Å². The molecule has 0 saturated carbocycles. The highest BCUT2D eigenvalue weighted by atomic mass is 15.2. The molecular formula is C64H50N8. The van der Waals surface area contributed by atoms with E-state index >= 15 is 0 Å². The van der Waals surface area contributed by atoms with E-state index in [0.717, 1.165) is 123 Å². The summed E-state index contributed by atoms with van der Waals surface area (Å²) >= 11 is 0. The van der Waals surface area contributed by atoms with E-state index in [2.05, 4.69) is 229 Å². The maximum absolute atomic E-state index is 5.14. The molecule has 0 radical (unpaired) electrons. The second kappa shape index (κ2) is 18.5. The van der Waals surface area contributed by atoms with Gasteiger partial charge in [0.1, 0.15) is 23.3 Å². The van der Waals surface area contributed by atoms with Gasteiger partial charge in [-0.3, -0.25) is 19.6 Å². The van der Waals surface area contributed by atoms with Crippen LogP contribution in [-0.4, -0.2) is 19.9 Å². The zero-order chi connectivity index (χ0) is 48.7. The minimum Gasteiger partial charge on any atom is -0.294 e. The van der Waals surface area contributed by atoms with E-state index in [1.54, 1.807) is 0 Å². The van der Waals surface area contributed by atoms with Crippen molar-refractivity contribution in [3.63, 3.8) is 0 Å². The fourth-order valence-electron chi connectivity index (χ4n) is 10.3. The fourth-order valence-corrected chi connectivity index (χ4v) is 10.3. The van der Waals surface area contributed by atoms with Crippen molar-refractivity contribution in [3.8, 4) is 0 Å². The summed E-state index contributed by atoms with van der Waals surface area (Å²) in [6.45, 7) is 8.54. The van der Waals surface area contributed by atoms with Gasteiger partial charge in [-0.15, -0.1) is 0 Å². The fraction of sp³-hybridized carbons (Fsp3) is 0.0625. The molecule has 0 aliphatic rings.